The fraction of sp³-hybridized carbons (Fsp3) is 0.256. The Morgan fingerprint density at radius 1 is 0.700 bits per heavy atom. The van der Waals surface area contributed by atoms with Crippen LogP contribution in [0.4, 0.5) is 0 Å². The molecule has 40 heavy (non-hydrogen) atoms. The molecule has 0 bridgehead atoms. The van der Waals surface area contributed by atoms with E-state index in [0.29, 0.717) is 0 Å². The van der Waals surface area contributed by atoms with Gasteiger partial charge in [-0.15, -0.1) is 17.5 Å². The molecule has 0 fully saturated rings. The molecule has 0 heterocycles. The van der Waals surface area contributed by atoms with E-state index in [4.69, 9.17) is 0 Å². The van der Waals surface area contributed by atoms with Crippen LogP contribution in [-0.2, 0) is 41.1 Å². The van der Waals surface area contributed by atoms with Crippen LogP contribution in [0.2, 0.25) is 0 Å². The third-order valence-electron chi connectivity index (χ3n) is 7.17. The predicted molar refractivity (Wildman–Crippen MR) is 169 cm³/mol. The number of fused-ring (bicyclic) bond motifs is 3. The summed E-state index contributed by atoms with van der Waals surface area (Å²) in [6.07, 6.45) is 11.0. The molecule has 0 nitrogen and oxygen atoms in total. The van der Waals surface area contributed by atoms with Gasteiger partial charge in [-0.05, 0) is 28.4 Å². The van der Waals surface area contributed by atoms with Gasteiger partial charge in [0.25, 0.3) is 0 Å². The van der Waals surface area contributed by atoms with Gasteiger partial charge in [0.05, 0.1) is 0 Å². The van der Waals surface area contributed by atoms with Crippen LogP contribution in [0.3, 0.4) is 0 Å². The van der Waals surface area contributed by atoms with Crippen LogP contribution >= 0.6 is 0 Å². The molecule has 0 aliphatic heterocycles. The monoisotopic (exact) mass is 688 g/mol. The van der Waals surface area contributed by atoms with Crippen molar-refractivity contribution in [3.8, 4) is 11.1 Å². The molecule has 2 aliphatic rings. The summed E-state index contributed by atoms with van der Waals surface area (Å²) in [5.41, 5.74) is 11.4. The number of allylic oxidation sites excluding steroid dienone is 4. The van der Waals surface area contributed by atoms with Crippen LogP contribution in [0.15, 0.2) is 109 Å². The van der Waals surface area contributed by atoms with Crippen LogP contribution in [0.1, 0.15) is 81.3 Å². The van der Waals surface area contributed by atoms with Gasteiger partial charge < -0.3 is 0 Å². The molecule has 0 aromatic heterocycles. The molecule has 0 atom stereocenters. The number of hydrogen-bond donors (Lipinski definition) is 0. The van der Waals surface area contributed by atoms with Crippen molar-refractivity contribution in [3.05, 3.63) is 155 Å². The van der Waals surface area contributed by atoms with Crippen molar-refractivity contribution in [1.82, 2.24) is 0 Å². The second-order valence-corrected chi connectivity index (χ2v) is 14.2. The van der Waals surface area contributed by atoms with Crippen molar-refractivity contribution in [2.75, 3.05) is 0 Å². The van der Waals surface area contributed by atoms with Crippen LogP contribution in [0.5, 0.6) is 0 Å². The Morgan fingerprint density at radius 3 is 1.77 bits per heavy atom. The zero-order valence-corrected chi connectivity index (χ0v) is 28.4. The molecule has 1 heteroatoms. The second kappa shape index (κ2) is 13.2. The van der Waals surface area contributed by atoms with Gasteiger partial charge in [0.15, 0.2) is 0 Å². The molecule has 0 saturated carbocycles. The van der Waals surface area contributed by atoms with Gasteiger partial charge in [-0.1, -0.05) is 65.3 Å². The molecule has 200 valence electrons. The molecule has 0 radical (unpaired) electrons. The first-order valence-electron chi connectivity index (χ1n) is 14.1. The van der Waals surface area contributed by atoms with Gasteiger partial charge >= 0.3 is 98.9 Å². The maximum absolute atomic E-state index is 3.67. The minimum atomic E-state index is 0.167. The summed E-state index contributed by atoms with van der Waals surface area (Å²) in [5.74, 6) is 0. The van der Waals surface area contributed by atoms with E-state index >= 15 is 0 Å². The standard InChI is InChI=1S/C21H25.C13H10.C5H5.Hf/c1-20(2,3)16-7-9-18-14(12-16)11-15-13-17(21(4,5)6)8-10-19(15)18;1-3-7-12(8-4-1)11-13-9-5-2-6-10-13;1-2-4-5-3-1;/h7-10,12H,11H2,1-6H3;1-10H;1-3H,4H2;/q-1;;-1;+2. The molecule has 0 unspecified atom stereocenters. The summed E-state index contributed by atoms with van der Waals surface area (Å²) in [7, 11) is 0. The van der Waals surface area contributed by atoms with E-state index < -0.39 is 0 Å². The van der Waals surface area contributed by atoms with Crippen molar-refractivity contribution in [3.63, 3.8) is 0 Å². The Balaban J connectivity index is 0.000000166. The average Bonchev–Trinajstić information content (AvgIpc) is 3.64. The zero-order chi connectivity index (χ0) is 28.8. The van der Waals surface area contributed by atoms with Crippen LogP contribution in [0, 0.1) is 12.1 Å². The Morgan fingerprint density at radius 2 is 1.30 bits per heavy atom. The van der Waals surface area contributed by atoms with Crippen LogP contribution < -0.4 is 0 Å². The molecule has 2 aliphatic carbocycles. The maximum atomic E-state index is 3.67. The van der Waals surface area contributed by atoms with Crippen molar-refractivity contribution >= 4 is 3.26 Å². The van der Waals surface area contributed by atoms with Crippen molar-refractivity contribution in [2.45, 2.75) is 65.2 Å². The molecule has 0 saturated heterocycles. The normalized spacial score (nSPS) is 13.0. The first kappa shape index (κ1) is 30.1. The summed E-state index contributed by atoms with van der Waals surface area (Å²) >= 11 is 1.08. The first-order chi connectivity index (χ1) is 19.0. The van der Waals surface area contributed by atoms with Gasteiger partial charge in [-0.3, -0.25) is 6.08 Å². The molecule has 4 aromatic carbocycles. The Bertz CT molecular complexity index is 1380. The van der Waals surface area contributed by atoms with Crippen LogP contribution in [-0.4, -0.2) is 3.26 Å². The van der Waals surface area contributed by atoms with Crippen molar-refractivity contribution in [1.29, 1.82) is 0 Å². The Kier molecular flexibility index (Phi) is 9.90. The van der Waals surface area contributed by atoms with Gasteiger partial charge in [0.1, 0.15) is 0 Å². The SMILES string of the molecule is CC(C)(C)c1[c-]c2c(cc1)-c1ccc(C(C)(C)C)cc1C2.[C-]1=CC=CC1.[Hf+2]=[C](c1ccccc1)c1ccccc1. The number of hydrogen-bond acceptors (Lipinski definition) is 0. The summed E-state index contributed by atoms with van der Waals surface area (Å²) in [6.45, 7) is 13.6. The Hall–Kier alpha value is -2.90. The molecular weight excluding hydrogens is 647 g/mol. The summed E-state index contributed by atoms with van der Waals surface area (Å²) < 4.78 is 1.46. The Labute approximate surface area is 256 Å². The van der Waals surface area contributed by atoms with Gasteiger partial charge in [-0.2, -0.15) is 29.8 Å². The number of benzene rings is 4. The van der Waals surface area contributed by atoms with E-state index in [0.717, 1.165) is 36.7 Å². The average molecular weight is 687 g/mol. The third kappa shape index (κ3) is 7.85. The van der Waals surface area contributed by atoms with Crippen LogP contribution in [0.25, 0.3) is 11.1 Å². The van der Waals surface area contributed by atoms with E-state index in [1.54, 1.807) is 0 Å². The molecule has 4 aromatic rings. The fourth-order valence-corrected chi connectivity index (χ4v) is 5.94. The summed E-state index contributed by atoms with van der Waals surface area (Å²) in [6, 6.07) is 36.4. The summed E-state index contributed by atoms with van der Waals surface area (Å²) in [5, 5.41) is 0. The molecule has 6 rings (SSSR count). The third-order valence-corrected chi connectivity index (χ3v) is 9.25. The van der Waals surface area contributed by atoms with E-state index in [1.165, 1.54) is 47.8 Å². The van der Waals surface area contributed by atoms with Gasteiger partial charge in [0, 0.05) is 0 Å². The predicted octanol–water partition coefficient (Wildman–Crippen LogP) is 9.76. The molecule has 0 N–H and O–H groups in total. The zero-order valence-electron chi connectivity index (χ0n) is 24.8. The molecule has 0 amide bonds. The topological polar surface area (TPSA) is 0 Å². The summed E-state index contributed by atoms with van der Waals surface area (Å²) in [4.78, 5) is 0. The quantitative estimate of drug-likeness (QED) is 0.128. The van der Waals surface area contributed by atoms with E-state index in [-0.39, 0.29) is 10.8 Å². The van der Waals surface area contributed by atoms with Gasteiger partial charge in [0.2, 0.25) is 0 Å². The van der Waals surface area contributed by atoms with Crippen molar-refractivity contribution < 1.29 is 23.9 Å². The second-order valence-electron chi connectivity index (χ2n) is 12.4. The fourth-order valence-electron chi connectivity index (χ4n) is 4.74. The first-order valence-corrected chi connectivity index (χ1v) is 15.9. The molecule has 0 spiro atoms. The van der Waals surface area contributed by atoms with E-state index in [9.17, 15) is 0 Å². The van der Waals surface area contributed by atoms with Crippen molar-refractivity contribution in [2.24, 2.45) is 0 Å². The van der Waals surface area contributed by atoms with E-state index in [1.807, 2.05) is 12.2 Å². The number of rotatable bonds is 2. The molecular formula is C39H40Hf. The van der Waals surface area contributed by atoms with E-state index in [2.05, 4.69) is 151 Å². The van der Waals surface area contributed by atoms with Gasteiger partial charge in [-0.25, -0.2) is 12.2 Å². The minimum absolute atomic E-state index is 0.167.